The van der Waals surface area contributed by atoms with E-state index in [2.05, 4.69) is 12.2 Å². The Morgan fingerprint density at radius 1 is 1.11 bits per heavy atom. The number of fused-ring (bicyclic) bond motifs is 5. The highest BCUT2D eigenvalue weighted by Crippen LogP contribution is 2.53. The van der Waals surface area contributed by atoms with Crippen molar-refractivity contribution in [2.75, 3.05) is 0 Å². The molecule has 0 aromatic heterocycles. The molecule has 3 aliphatic rings. The molecule has 19 heavy (non-hydrogen) atoms. The summed E-state index contributed by atoms with van der Waals surface area (Å²) in [6.45, 7) is 5.61. The van der Waals surface area contributed by atoms with E-state index in [4.69, 9.17) is 4.74 Å². The first kappa shape index (κ1) is 12.9. The molecule has 104 valence electrons. The van der Waals surface area contributed by atoms with Gasteiger partial charge in [-0.1, -0.05) is 18.2 Å². The average molecular weight is 262 g/mol. The highest BCUT2D eigenvalue weighted by molar-refractivity contribution is 5.75. The molecular formula is C16H22O3. The fourth-order valence-corrected chi connectivity index (χ4v) is 3.74. The second kappa shape index (κ2) is 4.20. The lowest BCUT2D eigenvalue weighted by molar-refractivity contribution is -0.161. The molecule has 6 unspecified atom stereocenters. The second-order valence-electron chi connectivity index (χ2n) is 7.10. The van der Waals surface area contributed by atoms with E-state index in [9.17, 15) is 9.90 Å². The minimum Gasteiger partial charge on any atom is -0.457 e. The molecule has 0 aromatic rings. The Bertz CT molecular complexity index is 443. The molecule has 2 bridgehead atoms. The maximum absolute atomic E-state index is 12.1. The summed E-state index contributed by atoms with van der Waals surface area (Å²) in [5, 5.41) is 10.2. The van der Waals surface area contributed by atoms with E-state index in [1.807, 2.05) is 26.8 Å². The van der Waals surface area contributed by atoms with E-state index in [0.29, 0.717) is 11.8 Å². The van der Waals surface area contributed by atoms with E-state index in [0.717, 1.165) is 6.42 Å². The average Bonchev–Trinajstić information content (AvgIpc) is 2.92. The van der Waals surface area contributed by atoms with Crippen LogP contribution in [-0.2, 0) is 9.53 Å². The van der Waals surface area contributed by atoms with Gasteiger partial charge in [-0.3, -0.25) is 4.79 Å². The van der Waals surface area contributed by atoms with Gasteiger partial charge >= 0.3 is 5.97 Å². The van der Waals surface area contributed by atoms with Crippen LogP contribution in [0, 0.1) is 29.1 Å². The first-order chi connectivity index (χ1) is 8.88. The number of hydrogen-bond acceptors (Lipinski definition) is 3. The predicted molar refractivity (Wildman–Crippen MR) is 72.2 cm³/mol. The van der Waals surface area contributed by atoms with Gasteiger partial charge in [0.05, 0.1) is 11.5 Å². The minimum absolute atomic E-state index is 0.163. The number of carbonyl (C=O) groups excluding carboxylic acids is 1. The van der Waals surface area contributed by atoms with Gasteiger partial charge in [0.1, 0.15) is 6.10 Å². The summed E-state index contributed by atoms with van der Waals surface area (Å²) in [6.07, 6.45) is 8.65. The van der Waals surface area contributed by atoms with Crippen molar-refractivity contribution in [2.24, 2.45) is 29.1 Å². The lowest BCUT2D eigenvalue weighted by Gasteiger charge is -2.38. The number of esters is 1. The smallest absolute Gasteiger partial charge is 0.311 e. The first-order valence-electron chi connectivity index (χ1n) is 7.14. The number of ether oxygens (including phenoxy) is 1. The van der Waals surface area contributed by atoms with Gasteiger partial charge in [0, 0.05) is 11.8 Å². The maximum Gasteiger partial charge on any atom is 0.311 e. The normalized spacial score (nSPS) is 43.4. The number of hydrogen-bond donors (Lipinski definition) is 1. The molecular weight excluding hydrogens is 240 g/mol. The van der Waals surface area contributed by atoms with Crippen molar-refractivity contribution in [3.05, 3.63) is 24.3 Å². The summed E-state index contributed by atoms with van der Waals surface area (Å²) in [5.41, 5.74) is -0.479. The summed E-state index contributed by atoms with van der Waals surface area (Å²) in [5.74, 6) is 1.21. The Morgan fingerprint density at radius 3 is 2.37 bits per heavy atom. The number of carbonyl (C=O) groups is 1. The van der Waals surface area contributed by atoms with Crippen molar-refractivity contribution in [2.45, 2.75) is 39.4 Å². The SMILES string of the molecule is CC(C)(C)C(=O)OC1C=CC(O)C2C3C=CC(C3)C12. The zero-order valence-corrected chi connectivity index (χ0v) is 11.7. The van der Waals surface area contributed by atoms with Gasteiger partial charge in [-0.05, 0) is 45.1 Å². The van der Waals surface area contributed by atoms with Gasteiger partial charge < -0.3 is 9.84 Å². The largest absolute Gasteiger partial charge is 0.457 e. The van der Waals surface area contributed by atoms with Crippen molar-refractivity contribution in [1.29, 1.82) is 0 Å². The number of rotatable bonds is 1. The van der Waals surface area contributed by atoms with E-state index in [1.54, 1.807) is 6.08 Å². The Hall–Kier alpha value is -1.09. The highest BCUT2D eigenvalue weighted by Gasteiger charge is 2.52. The molecule has 0 spiro atoms. The molecule has 1 N–H and O–H groups in total. The lowest BCUT2D eigenvalue weighted by atomic mass is 9.73. The summed E-state index contributed by atoms with van der Waals surface area (Å²) >= 11 is 0. The molecule has 0 aromatic carbocycles. The van der Waals surface area contributed by atoms with Gasteiger partial charge in [-0.2, -0.15) is 0 Å². The molecule has 3 nitrogen and oxygen atoms in total. The van der Waals surface area contributed by atoms with E-state index >= 15 is 0 Å². The van der Waals surface area contributed by atoms with Crippen LogP contribution in [0.1, 0.15) is 27.2 Å². The Balaban J connectivity index is 1.81. The molecule has 0 heterocycles. The lowest BCUT2D eigenvalue weighted by Crippen LogP contribution is -2.43. The van der Waals surface area contributed by atoms with Crippen molar-refractivity contribution >= 4 is 5.97 Å². The van der Waals surface area contributed by atoms with E-state index < -0.39 is 11.5 Å². The van der Waals surface area contributed by atoms with Gasteiger partial charge in [-0.25, -0.2) is 0 Å². The van der Waals surface area contributed by atoms with E-state index in [-0.39, 0.29) is 23.9 Å². The van der Waals surface area contributed by atoms with Crippen LogP contribution in [-0.4, -0.2) is 23.3 Å². The molecule has 0 aliphatic heterocycles. The fraction of sp³-hybridized carbons (Fsp3) is 0.688. The van der Waals surface area contributed by atoms with E-state index in [1.165, 1.54) is 0 Å². The molecule has 0 radical (unpaired) electrons. The van der Waals surface area contributed by atoms with Crippen molar-refractivity contribution < 1.29 is 14.6 Å². The second-order valence-corrected chi connectivity index (χ2v) is 7.10. The fourth-order valence-electron chi connectivity index (χ4n) is 3.74. The van der Waals surface area contributed by atoms with Crippen LogP contribution in [0.5, 0.6) is 0 Å². The minimum atomic E-state index is -0.479. The third-order valence-corrected chi connectivity index (χ3v) is 4.71. The summed E-state index contributed by atoms with van der Waals surface area (Å²) in [6, 6.07) is 0. The first-order valence-corrected chi connectivity index (χ1v) is 7.14. The molecule has 3 rings (SSSR count). The zero-order chi connectivity index (χ0) is 13.8. The molecule has 3 heteroatoms. The standard InChI is InChI=1S/C16H22O3/c1-16(2,3)15(18)19-12-7-6-11(17)13-9-4-5-10(8-9)14(12)13/h4-7,9-14,17H,8H2,1-3H3. The number of allylic oxidation sites excluding steroid dienone is 2. The van der Waals surface area contributed by atoms with Crippen LogP contribution in [0.3, 0.4) is 0 Å². The van der Waals surface area contributed by atoms with Gasteiger partial charge in [-0.15, -0.1) is 0 Å². The van der Waals surface area contributed by atoms with Gasteiger partial charge in [0.2, 0.25) is 0 Å². The van der Waals surface area contributed by atoms with Crippen LogP contribution in [0.25, 0.3) is 0 Å². The van der Waals surface area contributed by atoms with Crippen molar-refractivity contribution in [3.8, 4) is 0 Å². The van der Waals surface area contributed by atoms with Crippen LogP contribution in [0.2, 0.25) is 0 Å². The van der Waals surface area contributed by atoms with Crippen molar-refractivity contribution in [1.82, 2.24) is 0 Å². The Morgan fingerprint density at radius 2 is 1.74 bits per heavy atom. The van der Waals surface area contributed by atoms with Crippen molar-refractivity contribution in [3.63, 3.8) is 0 Å². The quantitative estimate of drug-likeness (QED) is 0.582. The predicted octanol–water partition coefficient (Wildman–Crippen LogP) is 2.31. The van der Waals surface area contributed by atoms with Crippen LogP contribution in [0.15, 0.2) is 24.3 Å². The summed E-state index contributed by atoms with van der Waals surface area (Å²) in [7, 11) is 0. The highest BCUT2D eigenvalue weighted by atomic mass is 16.5. The Labute approximate surface area is 114 Å². The molecule has 1 fully saturated rings. The topological polar surface area (TPSA) is 46.5 Å². The zero-order valence-electron chi connectivity index (χ0n) is 11.7. The Kier molecular flexibility index (Phi) is 2.86. The number of aliphatic hydroxyl groups excluding tert-OH is 1. The summed E-state index contributed by atoms with van der Waals surface area (Å²) < 4.78 is 5.70. The number of aliphatic hydroxyl groups is 1. The molecule has 0 amide bonds. The maximum atomic E-state index is 12.1. The molecule has 6 atom stereocenters. The van der Waals surface area contributed by atoms with Gasteiger partial charge in [0.15, 0.2) is 0 Å². The van der Waals surface area contributed by atoms with Gasteiger partial charge in [0.25, 0.3) is 0 Å². The molecule has 3 aliphatic carbocycles. The third-order valence-electron chi connectivity index (χ3n) is 4.71. The summed E-state index contributed by atoms with van der Waals surface area (Å²) in [4.78, 5) is 12.1. The molecule has 0 saturated heterocycles. The monoisotopic (exact) mass is 262 g/mol. The van der Waals surface area contributed by atoms with Crippen LogP contribution < -0.4 is 0 Å². The van der Waals surface area contributed by atoms with Crippen LogP contribution >= 0.6 is 0 Å². The molecule has 1 saturated carbocycles. The third kappa shape index (κ3) is 2.04. The van der Waals surface area contributed by atoms with Crippen LogP contribution in [0.4, 0.5) is 0 Å².